The van der Waals surface area contributed by atoms with Crippen molar-refractivity contribution in [2.45, 2.75) is 33.6 Å². The van der Waals surface area contributed by atoms with Gasteiger partial charge in [-0.2, -0.15) is 0 Å². The van der Waals surface area contributed by atoms with Gasteiger partial charge in [-0.3, -0.25) is 0 Å². The van der Waals surface area contributed by atoms with E-state index in [1.54, 1.807) is 0 Å². The van der Waals surface area contributed by atoms with Crippen molar-refractivity contribution in [1.82, 2.24) is 14.9 Å². The van der Waals surface area contributed by atoms with Gasteiger partial charge in [-0.1, -0.05) is 25.4 Å². The molecule has 0 aliphatic rings. The fourth-order valence-corrected chi connectivity index (χ4v) is 1.75. The van der Waals surface area contributed by atoms with Crippen LogP contribution in [0.15, 0.2) is 0 Å². The molecule has 1 heterocycles. The Bertz CT molecular complexity index is 381. The van der Waals surface area contributed by atoms with E-state index in [0.717, 1.165) is 49.7 Å². The average Bonchev–Trinajstić information content (AvgIpc) is 2.35. The van der Waals surface area contributed by atoms with Gasteiger partial charge < -0.3 is 10.2 Å². The van der Waals surface area contributed by atoms with Crippen LogP contribution in [0.2, 0.25) is 5.15 Å². The molecular weight excluding hydrogens is 248 g/mol. The van der Waals surface area contributed by atoms with Crippen LogP contribution < -0.4 is 5.32 Å². The van der Waals surface area contributed by atoms with E-state index in [4.69, 9.17) is 11.6 Å². The molecule has 0 saturated heterocycles. The summed E-state index contributed by atoms with van der Waals surface area (Å²) in [6, 6.07) is 0. The van der Waals surface area contributed by atoms with E-state index in [2.05, 4.69) is 41.1 Å². The molecule has 0 fully saturated rings. The van der Waals surface area contributed by atoms with Crippen molar-refractivity contribution >= 4 is 17.4 Å². The molecule has 0 saturated carbocycles. The molecule has 1 rings (SSSR count). The topological polar surface area (TPSA) is 41.1 Å². The second-order valence-electron chi connectivity index (χ2n) is 4.48. The molecule has 0 amide bonds. The third-order valence-corrected chi connectivity index (χ3v) is 3.30. The zero-order chi connectivity index (χ0) is 13.5. The first kappa shape index (κ1) is 15.2. The largest absolute Gasteiger partial charge is 0.368 e. The fraction of sp³-hybridized carbons (Fsp3) is 0.692. The molecule has 0 bridgehead atoms. The maximum Gasteiger partial charge on any atom is 0.137 e. The predicted octanol–water partition coefficient (Wildman–Crippen LogP) is 2.75. The second kappa shape index (κ2) is 7.54. The van der Waals surface area contributed by atoms with Crippen LogP contribution in [0.3, 0.4) is 0 Å². The van der Waals surface area contributed by atoms with Crippen LogP contribution >= 0.6 is 11.6 Å². The SMILES string of the molecule is CCCc1nc(Cl)c(C)c(NCCN(C)CC)n1. The van der Waals surface area contributed by atoms with Crippen molar-refractivity contribution in [2.75, 3.05) is 32.0 Å². The Balaban J connectivity index is 2.68. The zero-order valence-electron chi connectivity index (χ0n) is 11.8. The van der Waals surface area contributed by atoms with Gasteiger partial charge in [0.05, 0.1) is 0 Å². The summed E-state index contributed by atoms with van der Waals surface area (Å²) >= 11 is 6.12. The molecule has 1 N–H and O–H groups in total. The lowest BCUT2D eigenvalue weighted by Crippen LogP contribution is -2.25. The van der Waals surface area contributed by atoms with Crippen molar-refractivity contribution in [3.8, 4) is 0 Å². The van der Waals surface area contributed by atoms with E-state index in [0.29, 0.717) is 5.15 Å². The second-order valence-corrected chi connectivity index (χ2v) is 4.83. The minimum Gasteiger partial charge on any atom is -0.368 e. The lowest BCUT2D eigenvalue weighted by Gasteiger charge is -2.16. The molecule has 1 aromatic rings. The van der Waals surface area contributed by atoms with Gasteiger partial charge in [0.1, 0.15) is 16.8 Å². The number of likely N-dealkylation sites (N-methyl/N-ethyl adjacent to an activating group) is 1. The smallest absolute Gasteiger partial charge is 0.137 e. The molecule has 0 aliphatic heterocycles. The van der Waals surface area contributed by atoms with E-state index < -0.39 is 0 Å². The van der Waals surface area contributed by atoms with Crippen LogP contribution in [0.1, 0.15) is 31.7 Å². The van der Waals surface area contributed by atoms with Gasteiger partial charge in [0.2, 0.25) is 0 Å². The first-order valence-electron chi connectivity index (χ1n) is 6.53. The number of nitrogens with one attached hydrogen (secondary N) is 1. The molecule has 4 nitrogen and oxygen atoms in total. The monoisotopic (exact) mass is 270 g/mol. The normalized spacial score (nSPS) is 11.0. The lowest BCUT2D eigenvalue weighted by molar-refractivity contribution is 0.367. The first-order chi connectivity index (χ1) is 8.58. The number of nitrogens with zero attached hydrogens (tertiary/aromatic N) is 3. The number of halogens is 1. The molecule has 0 radical (unpaired) electrons. The van der Waals surface area contributed by atoms with Crippen molar-refractivity contribution in [2.24, 2.45) is 0 Å². The zero-order valence-corrected chi connectivity index (χ0v) is 12.5. The number of hydrogen-bond donors (Lipinski definition) is 1. The molecule has 0 spiro atoms. The Morgan fingerprint density at radius 2 is 2.00 bits per heavy atom. The first-order valence-corrected chi connectivity index (χ1v) is 6.91. The third kappa shape index (κ3) is 4.42. The number of rotatable bonds is 7. The number of aryl methyl sites for hydroxylation is 1. The quantitative estimate of drug-likeness (QED) is 0.774. The Morgan fingerprint density at radius 1 is 1.28 bits per heavy atom. The van der Waals surface area contributed by atoms with Gasteiger partial charge >= 0.3 is 0 Å². The minimum atomic E-state index is 0.555. The van der Waals surface area contributed by atoms with Crippen molar-refractivity contribution in [3.63, 3.8) is 0 Å². The molecule has 0 aliphatic carbocycles. The van der Waals surface area contributed by atoms with E-state index in [9.17, 15) is 0 Å². The number of hydrogen-bond acceptors (Lipinski definition) is 4. The summed E-state index contributed by atoms with van der Waals surface area (Å²) in [5.41, 5.74) is 0.927. The maximum atomic E-state index is 6.12. The van der Waals surface area contributed by atoms with Crippen LogP contribution in [-0.2, 0) is 6.42 Å². The molecule has 5 heteroatoms. The van der Waals surface area contributed by atoms with E-state index in [1.807, 2.05) is 6.92 Å². The summed E-state index contributed by atoms with van der Waals surface area (Å²) in [5, 5.41) is 3.90. The molecule has 18 heavy (non-hydrogen) atoms. The average molecular weight is 271 g/mol. The highest BCUT2D eigenvalue weighted by Gasteiger charge is 2.08. The Hall–Kier alpha value is -0.870. The Morgan fingerprint density at radius 3 is 2.61 bits per heavy atom. The molecule has 1 aromatic heterocycles. The summed E-state index contributed by atoms with van der Waals surface area (Å²) in [7, 11) is 2.10. The predicted molar refractivity (Wildman–Crippen MR) is 77.4 cm³/mol. The fourth-order valence-electron chi connectivity index (χ4n) is 1.56. The van der Waals surface area contributed by atoms with Gasteiger partial charge in [-0.15, -0.1) is 0 Å². The van der Waals surface area contributed by atoms with Gasteiger partial charge in [-0.05, 0) is 26.9 Å². The molecule has 102 valence electrons. The van der Waals surface area contributed by atoms with Gasteiger partial charge in [0.15, 0.2) is 0 Å². The van der Waals surface area contributed by atoms with Crippen LogP contribution in [0, 0.1) is 6.92 Å². The Labute approximate surface area is 115 Å². The minimum absolute atomic E-state index is 0.555. The van der Waals surface area contributed by atoms with Gasteiger partial charge in [0.25, 0.3) is 0 Å². The highest BCUT2D eigenvalue weighted by atomic mass is 35.5. The van der Waals surface area contributed by atoms with Crippen LogP contribution in [0.5, 0.6) is 0 Å². The lowest BCUT2D eigenvalue weighted by atomic mass is 10.3. The molecule has 0 aromatic carbocycles. The van der Waals surface area contributed by atoms with Crippen molar-refractivity contribution < 1.29 is 0 Å². The molecule has 0 unspecified atom stereocenters. The summed E-state index contributed by atoms with van der Waals surface area (Å²) < 4.78 is 0. The molecular formula is C13H23ClN4. The third-order valence-electron chi connectivity index (χ3n) is 2.93. The highest BCUT2D eigenvalue weighted by Crippen LogP contribution is 2.20. The standard InChI is InChI=1S/C13H23ClN4/c1-5-7-11-16-12(14)10(3)13(17-11)15-8-9-18(4)6-2/h5-9H2,1-4H3,(H,15,16,17). The van der Waals surface area contributed by atoms with Crippen LogP contribution in [-0.4, -0.2) is 41.5 Å². The van der Waals surface area contributed by atoms with Crippen LogP contribution in [0.4, 0.5) is 5.82 Å². The highest BCUT2D eigenvalue weighted by molar-refractivity contribution is 6.30. The van der Waals surface area contributed by atoms with E-state index >= 15 is 0 Å². The number of aromatic nitrogens is 2. The van der Waals surface area contributed by atoms with E-state index in [-0.39, 0.29) is 0 Å². The van der Waals surface area contributed by atoms with Gasteiger partial charge in [0, 0.05) is 25.1 Å². The van der Waals surface area contributed by atoms with Gasteiger partial charge in [-0.25, -0.2) is 9.97 Å². The van der Waals surface area contributed by atoms with Crippen molar-refractivity contribution in [1.29, 1.82) is 0 Å². The van der Waals surface area contributed by atoms with Crippen molar-refractivity contribution in [3.05, 3.63) is 16.5 Å². The summed E-state index contributed by atoms with van der Waals surface area (Å²) in [5.74, 6) is 1.68. The number of anilines is 1. The van der Waals surface area contributed by atoms with E-state index in [1.165, 1.54) is 0 Å². The van der Waals surface area contributed by atoms with Crippen LogP contribution in [0.25, 0.3) is 0 Å². The molecule has 0 atom stereocenters. The summed E-state index contributed by atoms with van der Waals surface area (Å²) in [4.78, 5) is 11.1. The maximum absolute atomic E-state index is 6.12. The summed E-state index contributed by atoms with van der Waals surface area (Å²) in [6.07, 6.45) is 1.89. The summed E-state index contributed by atoms with van der Waals surface area (Å²) in [6.45, 7) is 9.10. The Kier molecular flexibility index (Phi) is 6.36.